The Hall–Kier alpha value is -1.62. The Kier molecular flexibility index (Phi) is 4.15. The minimum absolute atomic E-state index is 0.00305. The minimum Gasteiger partial charge on any atom is -0.475 e. The van der Waals surface area contributed by atoms with Crippen LogP contribution in [0.3, 0.4) is 0 Å². The van der Waals surface area contributed by atoms with E-state index in [2.05, 4.69) is 4.98 Å². The quantitative estimate of drug-likeness (QED) is 0.468. The molecule has 1 aliphatic carbocycles. The molecule has 0 unspecified atom stereocenters. The summed E-state index contributed by atoms with van der Waals surface area (Å²) in [6.45, 7) is 0.915. The lowest BCUT2D eigenvalue weighted by Crippen LogP contribution is -2.18. The summed E-state index contributed by atoms with van der Waals surface area (Å²) in [6.07, 6.45) is 4.34. The minimum atomic E-state index is 0.00305. The van der Waals surface area contributed by atoms with Crippen LogP contribution in [-0.4, -0.2) is 31.1 Å². The average Bonchev–Trinajstić information content (AvgIpc) is 2.38. The number of hydrogen-bond acceptors (Lipinski definition) is 4. The summed E-state index contributed by atoms with van der Waals surface area (Å²) in [5.74, 6) is 0.462. The maximum absolute atomic E-state index is 7.60. The molecule has 0 atom stereocenters. The maximum Gasteiger partial charge on any atom is 0.224 e. The van der Waals surface area contributed by atoms with Crippen molar-refractivity contribution < 1.29 is 9.47 Å². The zero-order valence-corrected chi connectivity index (χ0v) is 10.7. The third kappa shape index (κ3) is 2.79. The smallest absolute Gasteiger partial charge is 0.224 e. The molecular weight excluding hydrogens is 230 g/mol. The molecule has 0 saturated carbocycles. The number of nitrogens with zero attached hydrogens (tertiary/aromatic N) is 1. The maximum atomic E-state index is 7.60. The first kappa shape index (κ1) is 12.8. The fourth-order valence-electron chi connectivity index (χ4n) is 2.14. The van der Waals surface area contributed by atoms with E-state index in [0.717, 1.165) is 25.0 Å². The first-order chi connectivity index (χ1) is 8.72. The average molecular weight is 249 g/mol. The van der Waals surface area contributed by atoms with Crippen LogP contribution in [0.5, 0.6) is 5.88 Å². The van der Waals surface area contributed by atoms with Gasteiger partial charge in [-0.15, -0.1) is 0 Å². The number of aryl methyl sites for hydroxylation is 2. The molecule has 0 aromatic carbocycles. The predicted molar refractivity (Wildman–Crippen MR) is 69.3 cm³/mol. The van der Waals surface area contributed by atoms with Crippen molar-refractivity contribution in [2.75, 3.05) is 20.3 Å². The molecule has 1 aliphatic rings. The lowest BCUT2D eigenvalue weighted by atomic mass is 9.95. The first-order valence-electron chi connectivity index (χ1n) is 6.21. The van der Waals surface area contributed by atoms with Gasteiger partial charge in [-0.3, -0.25) is 5.41 Å². The molecule has 0 saturated heterocycles. The normalized spacial score (nSPS) is 14.1. The predicted octanol–water partition coefficient (Wildman–Crippen LogP) is 1.27. The van der Waals surface area contributed by atoms with Crippen molar-refractivity contribution in [3.05, 3.63) is 22.9 Å². The number of aromatic nitrogens is 1. The summed E-state index contributed by atoms with van der Waals surface area (Å²) in [7, 11) is 1.62. The van der Waals surface area contributed by atoms with Gasteiger partial charge < -0.3 is 15.2 Å². The van der Waals surface area contributed by atoms with E-state index in [0.29, 0.717) is 24.7 Å². The molecule has 5 heteroatoms. The Morgan fingerprint density at radius 2 is 2.17 bits per heavy atom. The molecule has 0 fully saturated rings. The summed E-state index contributed by atoms with van der Waals surface area (Å²) in [6, 6.07) is 1.95. The fraction of sp³-hybridized carbons (Fsp3) is 0.538. The van der Waals surface area contributed by atoms with Gasteiger partial charge in [0, 0.05) is 12.8 Å². The number of ether oxygens (including phenoxy) is 2. The molecule has 0 aliphatic heterocycles. The van der Waals surface area contributed by atoms with Crippen molar-refractivity contribution in [2.24, 2.45) is 5.73 Å². The first-order valence-corrected chi connectivity index (χ1v) is 6.21. The van der Waals surface area contributed by atoms with Crippen molar-refractivity contribution in [1.82, 2.24) is 4.98 Å². The topological polar surface area (TPSA) is 81.2 Å². The molecule has 2 rings (SSSR count). The second-order valence-electron chi connectivity index (χ2n) is 4.41. The molecule has 98 valence electrons. The van der Waals surface area contributed by atoms with E-state index in [-0.39, 0.29) is 5.84 Å². The summed E-state index contributed by atoms with van der Waals surface area (Å²) in [5, 5.41) is 7.60. The summed E-state index contributed by atoms with van der Waals surface area (Å²) in [5.41, 5.74) is 8.46. The molecule has 1 aromatic rings. The van der Waals surface area contributed by atoms with Gasteiger partial charge in [0.1, 0.15) is 12.4 Å². The highest BCUT2D eigenvalue weighted by atomic mass is 16.5. The third-order valence-corrected chi connectivity index (χ3v) is 3.08. The molecular formula is C13H19N3O2. The zero-order valence-electron chi connectivity index (χ0n) is 10.7. The number of pyridine rings is 1. The Bertz CT molecular complexity index is 446. The van der Waals surface area contributed by atoms with Crippen LogP contribution >= 0.6 is 0 Å². The van der Waals surface area contributed by atoms with Crippen LogP contribution in [0.2, 0.25) is 0 Å². The zero-order chi connectivity index (χ0) is 13.0. The van der Waals surface area contributed by atoms with Gasteiger partial charge in [-0.25, -0.2) is 4.98 Å². The van der Waals surface area contributed by atoms with E-state index in [1.165, 1.54) is 12.0 Å². The second-order valence-corrected chi connectivity index (χ2v) is 4.41. The van der Waals surface area contributed by atoms with E-state index in [9.17, 15) is 0 Å². The molecule has 1 aromatic heterocycles. The number of hydrogen-bond donors (Lipinski definition) is 2. The largest absolute Gasteiger partial charge is 0.475 e. The second kappa shape index (κ2) is 5.82. The monoisotopic (exact) mass is 249 g/mol. The van der Waals surface area contributed by atoms with Gasteiger partial charge in [-0.1, -0.05) is 0 Å². The van der Waals surface area contributed by atoms with Crippen LogP contribution in [0.4, 0.5) is 0 Å². The van der Waals surface area contributed by atoms with Crippen LogP contribution in [0.25, 0.3) is 0 Å². The van der Waals surface area contributed by atoms with Gasteiger partial charge in [0.05, 0.1) is 12.2 Å². The highest BCUT2D eigenvalue weighted by molar-refractivity contribution is 5.97. The van der Waals surface area contributed by atoms with Crippen LogP contribution < -0.4 is 10.5 Å². The van der Waals surface area contributed by atoms with Gasteiger partial charge in [0.2, 0.25) is 5.88 Å². The summed E-state index contributed by atoms with van der Waals surface area (Å²) in [4.78, 5) is 4.51. The Morgan fingerprint density at radius 1 is 1.39 bits per heavy atom. The number of nitrogens with two attached hydrogens (primary N) is 1. The molecule has 18 heavy (non-hydrogen) atoms. The Balaban J connectivity index is 2.27. The van der Waals surface area contributed by atoms with Gasteiger partial charge in [-0.2, -0.15) is 0 Å². The number of nitrogens with one attached hydrogen (secondary N) is 1. The SMILES string of the molecule is COCCOc1nc2c(cc1C(=N)N)CCCC2. The number of fused-ring (bicyclic) bond motifs is 1. The molecule has 0 bridgehead atoms. The third-order valence-electron chi connectivity index (χ3n) is 3.08. The summed E-state index contributed by atoms with van der Waals surface area (Å²) >= 11 is 0. The lowest BCUT2D eigenvalue weighted by molar-refractivity contribution is 0.143. The van der Waals surface area contributed by atoms with Gasteiger partial charge >= 0.3 is 0 Å². The van der Waals surface area contributed by atoms with E-state index in [1.54, 1.807) is 7.11 Å². The van der Waals surface area contributed by atoms with E-state index < -0.39 is 0 Å². The van der Waals surface area contributed by atoms with Gasteiger partial charge in [0.15, 0.2) is 0 Å². The van der Waals surface area contributed by atoms with E-state index in [4.69, 9.17) is 20.6 Å². The van der Waals surface area contributed by atoms with Gasteiger partial charge in [0.25, 0.3) is 0 Å². The highest BCUT2D eigenvalue weighted by Crippen LogP contribution is 2.25. The molecule has 0 radical (unpaired) electrons. The standard InChI is InChI=1S/C13H19N3O2/c1-17-6-7-18-13-10(12(14)15)8-9-4-2-3-5-11(9)16-13/h8H,2-7H2,1H3,(H3,14,15). The van der Waals surface area contributed by atoms with Gasteiger partial charge in [-0.05, 0) is 37.3 Å². The van der Waals surface area contributed by atoms with E-state index >= 15 is 0 Å². The molecule has 0 spiro atoms. The molecule has 5 nitrogen and oxygen atoms in total. The molecule has 1 heterocycles. The van der Waals surface area contributed by atoms with Crippen LogP contribution in [0, 0.1) is 5.41 Å². The highest BCUT2D eigenvalue weighted by Gasteiger charge is 2.17. The number of rotatable bonds is 5. The van der Waals surface area contributed by atoms with Crippen molar-refractivity contribution in [3.8, 4) is 5.88 Å². The number of methoxy groups -OCH3 is 1. The van der Waals surface area contributed by atoms with Crippen molar-refractivity contribution in [1.29, 1.82) is 5.41 Å². The molecule has 3 N–H and O–H groups in total. The van der Waals surface area contributed by atoms with Crippen LogP contribution in [-0.2, 0) is 17.6 Å². The van der Waals surface area contributed by atoms with Crippen LogP contribution in [0.15, 0.2) is 6.07 Å². The van der Waals surface area contributed by atoms with Crippen LogP contribution in [0.1, 0.15) is 29.7 Å². The fourth-order valence-corrected chi connectivity index (χ4v) is 2.14. The number of amidine groups is 1. The Morgan fingerprint density at radius 3 is 2.89 bits per heavy atom. The lowest BCUT2D eigenvalue weighted by Gasteiger charge is -2.18. The Labute approximate surface area is 107 Å². The van der Waals surface area contributed by atoms with E-state index in [1.807, 2.05) is 6.07 Å². The number of nitrogen functional groups attached to an aromatic ring is 1. The van der Waals surface area contributed by atoms with Crippen molar-refractivity contribution in [3.63, 3.8) is 0 Å². The van der Waals surface area contributed by atoms with Crippen molar-refractivity contribution >= 4 is 5.84 Å². The van der Waals surface area contributed by atoms with Crippen molar-refractivity contribution in [2.45, 2.75) is 25.7 Å². The molecule has 0 amide bonds. The summed E-state index contributed by atoms with van der Waals surface area (Å²) < 4.78 is 10.5.